The highest BCUT2D eigenvalue weighted by Gasteiger charge is 2.35. The minimum atomic E-state index is 0.237. The summed E-state index contributed by atoms with van der Waals surface area (Å²) in [5.41, 5.74) is 4.14. The largest absolute Gasteiger partial charge is 0.372 e. The summed E-state index contributed by atoms with van der Waals surface area (Å²) in [5, 5.41) is 3.47. The molecule has 0 bridgehead atoms. The van der Waals surface area contributed by atoms with Gasteiger partial charge in [-0.2, -0.15) is 0 Å². The minimum absolute atomic E-state index is 0.237. The van der Waals surface area contributed by atoms with Gasteiger partial charge in [0.1, 0.15) is 0 Å². The fourth-order valence-electron chi connectivity index (χ4n) is 4.17. The van der Waals surface area contributed by atoms with Gasteiger partial charge in [-0.1, -0.05) is 56.1 Å². The van der Waals surface area contributed by atoms with Gasteiger partial charge in [-0.15, -0.1) is 0 Å². The first-order valence-electron chi connectivity index (χ1n) is 9.30. The second kappa shape index (κ2) is 8.53. The van der Waals surface area contributed by atoms with Gasteiger partial charge >= 0.3 is 0 Å². The monoisotopic (exact) mass is 478 g/mol. The molecule has 0 aromatic heterocycles. The number of rotatable bonds is 4. The van der Waals surface area contributed by atoms with E-state index in [1.807, 2.05) is 0 Å². The van der Waals surface area contributed by atoms with E-state index in [9.17, 15) is 0 Å². The lowest BCUT2D eigenvalue weighted by molar-refractivity contribution is -0.0378. The van der Waals surface area contributed by atoms with Crippen molar-refractivity contribution < 1.29 is 4.74 Å². The first-order chi connectivity index (χ1) is 12.7. The summed E-state index contributed by atoms with van der Waals surface area (Å²) >= 11 is 7.15. The van der Waals surface area contributed by atoms with Crippen molar-refractivity contribution in [2.24, 2.45) is 0 Å². The Hall–Kier alpha value is -0.720. The Balaban J connectivity index is 1.55. The highest BCUT2D eigenvalue weighted by Crippen LogP contribution is 2.37. The zero-order chi connectivity index (χ0) is 17.9. The van der Waals surface area contributed by atoms with Gasteiger partial charge in [-0.25, -0.2) is 0 Å². The number of hydrogen-bond acceptors (Lipinski definition) is 3. The van der Waals surface area contributed by atoms with E-state index in [4.69, 9.17) is 4.74 Å². The average molecular weight is 480 g/mol. The summed E-state index contributed by atoms with van der Waals surface area (Å²) in [6, 6.07) is 15.6. The molecule has 3 nitrogen and oxygen atoms in total. The zero-order valence-corrected chi connectivity index (χ0v) is 17.9. The number of aryl methyl sites for hydroxylation is 1. The van der Waals surface area contributed by atoms with Crippen molar-refractivity contribution in [2.45, 2.75) is 31.6 Å². The fourth-order valence-corrected chi connectivity index (χ4v) is 5.56. The van der Waals surface area contributed by atoms with Gasteiger partial charge in [0.15, 0.2) is 0 Å². The molecule has 0 spiro atoms. The topological polar surface area (TPSA) is 24.5 Å². The molecule has 2 atom stereocenters. The van der Waals surface area contributed by atoms with Gasteiger partial charge in [0.2, 0.25) is 0 Å². The first kappa shape index (κ1) is 18.6. The van der Waals surface area contributed by atoms with Crippen molar-refractivity contribution >= 4 is 31.9 Å². The third kappa shape index (κ3) is 4.23. The number of benzene rings is 2. The summed E-state index contributed by atoms with van der Waals surface area (Å²) in [5.74, 6) is 0. The molecular weight excluding hydrogens is 456 g/mol. The molecule has 0 unspecified atom stereocenters. The summed E-state index contributed by atoms with van der Waals surface area (Å²) in [6.45, 7) is 4.93. The smallest absolute Gasteiger partial charge is 0.0779 e. The number of piperazine rings is 1. The van der Waals surface area contributed by atoms with Gasteiger partial charge in [0.25, 0.3) is 0 Å². The van der Waals surface area contributed by atoms with Crippen LogP contribution < -0.4 is 5.32 Å². The number of halogens is 2. The van der Waals surface area contributed by atoms with Crippen molar-refractivity contribution in [1.82, 2.24) is 10.2 Å². The van der Waals surface area contributed by atoms with Crippen molar-refractivity contribution in [3.8, 4) is 0 Å². The van der Waals surface area contributed by atoms with Crippen LogP contribution in [0, 0.1) is 0 Å². The normalized spacial score (nSPS) is 23.6. The van der Waals surface area contributed by atoms with Crippen LogP contribution in [0.3, 0.4) is 0 Å². The van der Waals surface area contributed by atoms with E-state index in [2.05, 4.69) is 84.5 Å². The quantitative estimate of drug-likeness (QED) is 0.688. The van der Waals surface area contributed by atoms with Crippen LogP contribution in [0.25, 0.3) is 0 Å². The Kier molecular flexibility index (Phi) is 6.11. The van der Waals surface area contributed by atoms with E-state index in [0.717, 1.165) is 48.0 Å². The van der Waals surface area contributed by atoms with Crippen LogP contribution >= 0.6 is 31.9 Å². The Bertz CT molecular complexity index is 741. The van der Waals surface area contributed by atoms with Crippen molar-refractivity contribution in [2.75, 3.05) is 26.2 Å². The molecule has 1 aliphatic carbocycles. The van der Waals surface area contributed by atoms with Gasteiger partial charge < -0.3 is 10.1 Å². The second-order valence-electron chi connectivity index (χ2n) is 7.10. The van der Waals surface area contributed by atoms with Crippen LogP contribution in [0.4, 0.5) is 0 Å². The number of nitrogens with zero attached hydrogens (tertiary/aromatic N) is 1. The predicted octanol–water partition coefficient (Wildman–Crippen LogP) is 4.69. The Morgan fingerprint density at radius 2 is 1.77 bits per heavy atom. The maximum Gasteiger partial charge on any atom is 0.0779 e. The third-order valence-electron chi connectivity index (χ3n) is 5.36. The molecule has 2 aromatic carbocycles. The van der Waals surface area contributed by atoms with Crippen LogP contribution in [-0.4, -0.2) is 37.2 Å². The van der Waals surface area contributed by atoms with Crippen molar-refractivity contribution in [3.05, 3.63) is 68.1 Å². The summed E-state index contributed by atoms with van der Waals surface area (Å²) in [6.07, 6.45) is 2.42. The van der Waals surface area contributed by atoms with Crippen LogP contribution in [0.5, 0.6) is 0 Å². The van der Waals surface area contributed by atoms with E-state index in [1.165, 1.54) is 16.7 Å². The Morgan fingerprint density at radius 1 is 1.04 bits per heavy atom. The number of nitrogens with one attached hydrogen (secondary N) is 1. The number of hydrogen-bond donors (Lipinski definition) is 1. The van der Waals surface area contributed by atoms with Crippen LogP contribution in [0.15, 0.2) is 51.4 Å². The molecule has 1 aliphatic heterocycles. The Labute approximate surface area is 172 Å². The summed E-state index contributed by atoms with van der Waals surface area (Å²) < 4.78 is 8.66. The van der Waals surface area contributed by atoms with E-state index in [1.54, 1.807) is 0 Å². The maximum atomic E-state index is 6.50. The molecule has 1 fully saturated rings. The molecule has 26 heavy (non-hydrogen) atoms. The maximum absolute atomic E-state index is 6.50. The molecule has 2 aromatic rings. The standard InChI is InChI=1S/C21H24Br2N2O/c22-17-11-15(12-18(23)13-17)14-26-20-6-5-16-3-1-2-4-19(16)21(20)25-9-7-24-8-10-25/h1-4,11-13,20-21,24H,5-10,14H2/t20-,21+/m0/s1. The molecule has 2 aliphatic rings. The van der Waals surface area contributed by atoms with Crippen molar-refractivity contribution in [3.63, 3.8) is 0 Å². The van der Waals surface area contributed by atoms with Crippen LogP contribution in [-0.2, 0) is 17.8 Å². The minimum Gasteiger partial charge on any atom is -0.372 e. The van der Waals surface area contributed by atoms with E-state index in [0.29, 0.717) is 12.6 Å². The number of ether oxygens (including phenoxy) is 1. The van der Waals surface area contributed by atoms with Crippen LogP contribution in [0.2, 0.25) is 0 Å². The molecule has 1 saturated heterocycles. The van der Waals surface area contributed by atoms with Crippen molar-refractivity contribution in [1.29, 1.82) is 0 Å². The molecule has 138 valence electrons. The lowest BCUT2D eigenvalue weighted by Crippen LogP contribution is -2.49. The number of fused-ring (bicyclic) bond motifs is 1. The van der Waals surface area contributed by atoms with E-state index < -0.39 is 0 Å². The van der Waals surface area contributed by atoms with Gasteiger partial charge in [-0.05, 0) is 47.7 Å². The molecule has 1 N–H and O–H groups in total. The van der Waals surface area contributed by atoms with E-state index in [-0.39, 0.29) is 6.10 Å². The molecule has 1 heterocycles. The van der Waals surface area contributed by atoms with Gasteiger partial charge in [0.05, 0.1) is 18.8 Å². The van der Waals surface area contributed by atoms with Gasteiger partial charge in [-0.3, -0.25) is 4.90 Å². The van der Waals surface area contributed by atoms with Crippen LogP contribution in [0.1, 0.15) is 29.2 Å². The second-order valence-corrected chi connectivity index (χ2v) is 8.93. The average Bonchev–Trinajstić information content (AvgIpc) is 2.66. The Morgan fingerprint density at radius 3 is 2.54 bits per heavy atom. The van der Waals surface area contributed by atoms with Gasteiger partial charge in [0, 0.05) is 35.1 Å². The molecule has 4 rings (SSSR count). The molecule has 0 radical (unpaired) electrons. The molecule has 0 saturated carbocycles. The molecular formula is C21H24Br2N2O. The lowest BCUT2D eigenvalue weighted by atomic mass is 9.84. The molecule has 0 amide bonds. The predicted molar refractivity (Wildman–Crippen MR) is 112 cm³/mol. The first-order valence-corrected chi connectivity index (χ1v) is 10.9. The third-order valence-corrected chi connectivity index (χ3v) is 6.27. The molecule has 5 heteroatoms. The highest BCUT2D eigenvalue weighted by atomic mass is 79.9. The fraction of sp³-hybridized carbons (Fsp3) is 0.429. The highest BCUT2D eigenvalue weighted by molar-refractivity contribution is 9.11. The summed E-state index contributed by atoms with van der Waals surface area (Å²) in [7, 11) is 0. The SMILES string of the molecule is Brc1cc(Br)cc(CO[C@H]2CCc3ccccc3[C@H]2N2CCNCC2)c1. The zero-order valence-electron chi connectivity index (χ0n) is 14.8. The summed E-state index contributed by atoms with van der Waals surface area (Å²) in [4.78, 5) is 2.61. The van der Waals surface area contributed by atoms with E-state index >= 15 is 0 Å². The lowest BCUT2D eigenvalue weighted by Gasteiger charge is -2.42.